The van der Waals surface area contributed by atoms with Crippen LogP contribution in [-0.4, -0.2) is 15.4 Å². The Morgan fingerprint density at radius 1 is 1.46 bits per heavy atom. The summed E-state index contributed by atoms with van der Waals surface area (Å²) in [6, 6.07) is 5.71. The second-order valence-electron chi connectivity index (χ2n) is 2.84. The van der Waals surface area contributed by atoms with Crippen molar-refractivity contribution in [3.8, 4) is 0 Å². The number of anilines is 1. The van der Waals surface area contributed by atoms with Crippen LogP contribution in [0.2, 0.25) is 0 Å². The first kappa shape index (κ1) is 8.38. The third kappa shape index (κ3) is 1.35. The average Bonchev–Trinajstić information content (AvgIpc) is 2.51. The molecule has 0 aliphatic rings. The molecule has 0 aliphatic carbocycles. The maximum absolute atomic E-state index is 5.83. The lowest BCUT2D eigenvalue weighted by molar-refractivity contribution is 0.793. The van der Waals surface area contributed by atoms with Crippen LogP contribution in [0.25, 0.3) is 11.0 Å². The molecular formula is C9H10ClN3. The number of nitrogen functional groups attached to an aromatic ring is 1. The van der Waals surface area contributed by atoms with Crippen LogP contribution in [0.1, 0.15) is 0 Å². The van der Waals surface area contributed by atoms with Crippen molar-refractivity contribution in [2.24, 2.45) is 0 Å². The molecule has 0 spiro atoms. The highest BCUT2D eigenvalue weighted by Crippen LogP contribution is 2.19. The molecule has 2 N–H and O–H groups in total. The fourth-order valence-electron chi connectivity index (χ4n) is 1.42. The van der Waals surface area contributed by atoms with Crippen molar-refractivity contribution < 1.29 is 0 Å². The van der Waals surface area contributed by atoms with E-state index in [1.807, 2.05) is 22.8 Å². The number of halogens is 1. The molecule has 0 bridgehead atoms. The molecule has 0 atom stereocenters. The second-order valence-corrected chi connectivity index (χ2v) is 3.22. The molecular weight excluding hydrogens is 186 g/mol. The molecule has 2 rings (SSSR count). The Kier molecular flexibility index (Phi) is 2.10. The van der Waals surface area contributed by atoms with Gasteiger partial charge in [0.05, 0.1) is 23.0 Å². The molecule has 0 unspecified atom stereocenters. The second kappa shape index (κ2) is 3.26. The first-order chi connectivity index (χ1) is 6.33. The highest BCUT2D eigenvalue weighted by atomic mass is 35.5. The molecule has 0 aliphatic heterocycles. The van der Waals surface area contributed by atoms with Gasteiger partial charge in [-0.1, -0.05) is 6.07 Å². The maximum atomic E-state index is 5.83. The Morgan fingerprint density at radius 3 is 3.08 bits per heavy atom. The number of benzene rings is 1. The Hall–Kier alpha value is -1.22. The lowest BCUT2D eigenvalue weighted by Crippen LogP contribution is -1.99. The number of fused-ring (bicyclic) bond motifs is 1. The van der Waals surface area contributed by atoms with Gasteiger partial charge in [0.1, 0.15) is 0 Å². The molecule has 0 amide bonds. The Morgan fingerprint density at radius 2 is 2.31 bits per heavy atom. The monoisotopic (exact) mass is 195 g/mol. The van der Waals surface area contributed by atoms with E-state index in [1.165, 1.54) is 0 Å². The van der Waals surface area contributed by atoms with Gasteiger partial charge in [0.25, 0.3) is 0 Å². The smallest absolute Gasteiger partial charge is 0.0959 e. The molecule has 0 fully saturated rings. The number of rotatable bonds is 2. The topological polar surface area (TPSA) is 43.8 Å². The summed E-state index contributed by atoms with van der Waals surface area (Å²) < 4.78 is 1.97. The van der Waals surface area contributed by atoms with Crippen molar-refractivity contribution in [3.05, 3.63) is 24.5 Å². The third-order valence-electron chi connectivity index (χ3n) is 1.99. The zero-order chi connectivity index (χ0) is 9.26. The first-order valence-electron chi connectivity index (χ1n) is 4.08. The predicted molar refractivity (Wildman–Crippen MR) is 54.9 cm³/mol. The van der Waals surface area contributed by atoms with Gasteiger partial charge < -0.3 is 10.3 Å². The minimum absolute atomic E-state index is 0.569. The van der Waals surface area contributed by atoms with Gasteiger partial charge in [-0.05, 0) is 12.1 Å². The largest absolute Gasteiger partial charge is 0.397 e. The normalized spacial score (nSPS) is 10.8. The number of hydrogen-bond acceptors (Lipinski definition) is 2. The summed E-state index contributed by atoms with van der Waals surface area (Å²) in [5.74, 6) is 0.569. The summed E-state index contributed by atoms with van der Waals surface area (Å²) in [4.78, 5) is 4.22. The molecule has 4 heteroatoms. The zero-order valence-electron chi connectivity index (χ0n) is 7.07. The molecule has 13 heavy (non-hydrogen) atoms. The molecule has 1 aromatic heterocycles. The molecule has 0 saturated carbocycles. The van der Waals surface area contributed by atoms with Crippen LogP contribution in [0.3, 0.4) is 0 Å². The standard InChI is InChI=1S/C9H10ClN3/c10-4-5-13-6-12-8-3-1-2-7(11)9(8)13/h1-3,6H,4-5,11H2. The van der Waals surface area contributed by atoms with Gasteiger partial charge in [0.15, 0.2) is 0 Å². The molecule has 0 radical (unpaired) electrons. The zero-order valence-corrected chi connectivity index (χ0v) is 7.83. The van der Waals surface area contributed by atoms with E-state index in [0.29, 0.717) is 5.88 Å². The lowest BCUT2D eigenvalue weighted by atomic mass is 10.3. The molecule has 1 aromatic carbocycles. The predicted octanol–water partition coefficient (Wildman–Crippen LogP) is 1.86. The molecule has 3 nitrogen and oxygen atoms in total. The summed E-state index contributed by atoms with van der Waals surface area (Å²) in [5, 5.41) is 0. The van der Waals surface area contributed by atoms with Gasteiger partial charge in [-0.3, -0.25) is 0 Å². The van der Waals surface area contributed by atoms with Gasteiger partial charge in [-0.2, -0.15) is 0 Å². The summed E-state index contributed by atoms with van der Waals surface area (Å²) in [6.45, 7) is 0.742. The maximum Gasteiger partial charge on any atom is 0.0959 e. The van der Waals surface area contributed by atoms with Gasteiger partial charge in [-0.15, -0.1) is 11.6 Å². The quantitative estimate of drug-likeness (QED) is 0.587. The van der Waals surface area contributed by atoms with E-state index in [9.17, 15) is 0 Å². The van der Waals surface area contributed by atoms with Crippen LogP contribution < -0.4 is 5.73 Å². The Bertz CT molecular complexity index is 422. The van der Waals surface area contributed by atoms with E-state index in [-0.39, 0.29) is 0 Å². The van der Waals surface area contributed by atoms with E-state index >= 15 is 0 Å². The van der Waals surface area contributed by atoms with Crippen molar-refractivity contribution in [3.63, 3.8) is 0 Å². The third-order valence-corrected chi connectivity index (χ3v) is 2.16. The summed E-state index contributed by atoms with van der Waals surface area (Å²) >= 11 is 5.66. The highest BCUT2D eigenvalue weighted by molar-refractivity contribution is 6.17. The van der Waals surface area contributed by atoms with Crippen molar-refractivity contribution in [1.29, 1.82) is 0 Å². The molecule has 0 saturated heterocycles. The van der Waals surface area contributed by atoms with Gasteiger partial charge >= 0.3 is 0 Å². The van der Waals surface area contributed by atoms with Crippen molar-refractivity contribution >= 4 is 28.3 Å². The number of nitrogens with zero attached hydrogens (tertiary/aromatic N) is 2. The lowest BCUT2D eigenvalue weighted by Gasteiger charge is -2.02. The summed E-state index contributed by atoms with van der Waals surface area (Å²) in [6.07, 6.45) is 1.77. The fourth-order valence-corrected chi connectivity index (χ4v) is 1.60. The summed E-state index contributed by atoms with van der Waals surface area (Å²) in [5.41, 5.74) is 8.47. The van der Waals surface area contributed by atoms with Gasteiger partial charge in [0, 0.05) is 12.4 Å². The number of alkyl halides is 1. The molecule has 1 heterocycles. The van der Waals surface area contributed by atoms with Crippen LogP contribution >= 0.6 is 11.6 Å². The van der Waals surface area contributed by atoms with Crippen LogP contribution in [0.15, 0.2) is 24.5 Å². The van der Waals surface area contributed by atoms with E-state index in [2.05, 4.69) is 4.98 Å². The fraction of sp³-hybridized carbons (Fsp3) is 0.222. The van der Waals surface area contributed by atoms with Crippen molar-refractivity contribution in [1.82, 2.24) is 9.55 Å². The van der Waals surface area contributed by atoms with Crippen LogP contribution in [0, 0.1) is 0 Å². The Balaban J connectivity index is 2.64. The number of hydrogen-bond donors (Lipinski definition) is 1. The molecule has 68 valence electrons. The number of nitrogens with two attached hydrogens (primary N) is 1. The number of aromatic nitrogens is 2. The Labute approximate surface area is 81.1 Å². The van der Waals surface area contributed by atoms with Crippen LogP contribution in [0.5, 0.6) is 0 Å². The number of imidazole rings is 1. The first-order valence-corrected chi connectivity index (χ1v) is 4.61. The van der Waals surface area contributed by atoms with E-state index in [0.717, 1.165) is 23.3 Å². The minimum Gasteiger partial charge on any atom is -0.397 e. The van der Waals surface area contributed by atoms with E-state index in [4.69, 9.17) is 17.3 Å². The number of para-hydroxylation sites is 1. The molecule has 2 aromatic rings. The highest BCUT2D eigenvalue weighted by Gasteiger charge is 2.03. The average molecular weight is 196 g/mol. The summed E-state index contributed by atoms with van der Waals surface area (Å²) in [7, 11) is 0. The van der Waals surface area contributed by atoms with E-state index in [1.54, 1.807) is 6.33 Å². The van der Waals surface area contributed by atoms with Crippen molar-refractivity contribution in [2.45, 2.75) is 6.54 Å². The van der Waals surface area contributed by atoms with Crippen molar-refractivity contribution in [2.75, 3.05) is 11.6 Å². The van der Waals surface area contributed by atoms with Crippen LogP contribution in [-0.2, 0) is 6.54 Å². The minimum atomic E-state index is 0.569. The SMILES string of the molecule is Nc1cccc2ncn(CCCl)c12. The van der Waals surface area contributed by atoms with E-state index < -0.39 is 0 Å². The van der Waals surface area contributed by atoms with Gasteiger partial charge in [-0.25, -0.2) is 4.98 Å². The van der Waals surface area contributed by atoms with Crippen LogP contribution in [0.4, 0.5) is 5.69 Å². The van der Waals surface area contributed by atoms with Gasteiger partial charge in [0.2, 0.25) is 0 Å². The number of aryl methyl sites for hydroxylation is 1.